The molecular formula is C12H21N3S. The fourth-order valence-electron chi connectivity index (χ4n) is 1.31. The first-order valence-corrected chi connectivity index (χ1v) is 6.92. The van der Waals surface area contributed by atoms with E-state index in [0.717, 1.165) is 23.9 Å². The molecule has 1 unspecified atom stereocenters. The lowest BCUT2D eigenvalue weighted by atomic mass is 10.2. The van der Waals surface area contributed by atoms with Crippen molar-refractivity contribution in [2.45, 2.75) is 26.8 Å². The minimum absolute atomic E-state index is 0.286. The van der Waals surface area contributed by atoms with Crippen LogP contribution in [0.2, 0.25) is 0 Å². The molecule has 4 heteroatoms. The molecule has 16 heavy (non-hydrogen) atoms. The van der Waals surface area contributed by atoms with Crippen LogP contribution in [0.3, 0.4) is 0 Å². The Hall–Kier alpha value is -0.610. The maximum Gasteiger partial charge on any atom is 0.0753 e. The summed E-state index contributed by atoms with van der Waals surface area (Å²) in [5.41, 5.74) is 1.01. The summed E-state index contributed by atoms with van der Waals surface area (Å²) in [4.78, 5) is 8.34. The quantitative estimate of drug-likeness (QED) is 0.742. The highest BCUT2D eigenvalue weighted by Crippen LogP contribution is 2.09. The number of nitrogens with one attached hydrogen (secondary N) is 1. The minimum atomic E-state index is 0.286. The molecular weight excluding hydrogens is 218 g/mol. The molecule has 0 amide bonds. The van der Waals surface area contributed by atoms with Crippen LogP contribution in [0.1, 0.15) is 32.5 Å². The highest BCUT2D eigenvalue weighted by atomic mass is 32.2. The van der Waals surface area contributed by atoms with Gasteiger partial charge in [0.1, 0.15) is 0 Å². The Kier molecular flexibility index (Phi) is 6.42. The van der Waals surface area contributed by atoms with E-state index in [1.165, 1.54) is 5.75 Å². The van der Waals surface area contributed by atoms with E-state index in [1.807, 2.05) is 18.0 Å². The molecule has 1 heterocycles. The summed E-state index contributed by atoms with van der Waals surface area (Å²) in [6.07, 6.45) is 5.26. The van der Waals surface area contributed by atoms with Crippen LogP contribution in [-0.2, 0) is 0 Å². The number of nitrogens with zero attached hydrogens (tertiary/aromatic N) is 2. The van der Waals surface area contributed by atoms with E-state index in [4.69, 9.17) is 0 Å². The van der Waals surface area contributed by atoms with E-state index in [1.54, 1.807) is 12.4 Å². The molecule has 0 fully saturated rings. The van der Waals surface area contributed by atoms with Gasteiger partial charge in [-0.15, -0.1) is 0 Å². The van der Waals surface area contributed by atoms with E-state index in [2.05, 4.69) is 36.1 Å². The minimum Gasteiger partial charge on any atom is -0.308 e. The molecule has 1 N–H and O–H groups in total. The molecule has 0 aliphatic rings. The van der Waals surface area contributed by atoms with E-state index in [9.17, 15) is 0 Å². The zero-order chi connectivity index (χ0) is 11.8. The Morgan fingerprint density at radius 1 is 1.31 bits per heavy atom. The summed E-state index contributed by atoms with van der Waals surface area (Å²) in [6.45, 7) is 7.65. The van der Waals surface area contributed by atoms with Crippen molar-refractivity contribution in [3.63, 3.8) is 0 Å². The second kappa shape index (κ2) is 7.63. The van der Waals surface area contributed by atoms with Crippen molar-refractivity contribution in [2.24, 2.45) is 5.92 Å². The predicted octanol–water partition coefficient (Wildman–Crippen LogP) is 2.52. The van der Waals surface area contributed by atoms with Crippen molar-refractivity contribution in [2.75, 3.05) is 18.1 Å². The predicted molar refractivity (Wildman–Crippen MR) is 70.6 cm³/mol. The lowest BCUT2D eigenvalue weighted by Crippen LogP contribution is -2.22. The van der Waals surface area contributed by atoms with E-state index in [0.29, 0.717) is 0 Å². The van der Waals surface area contributed by atoms with Crippen LogP contribution in [0.4, 0.5) is 0 Å². The largest absolute Gasteiger partial charge is 0.308 e. The first-order valence-electron chi connectivity index (χ1n) is 5.77. The Morgan fingerprint density at radius 2 is 2.12 bits per heavy atom. The highest BCUT2D eigenvalue weighted by Gasteiger charge is 2.04. The molecule has 0 radical (unpaired) electrons. The number of rotatable bonds is 7. The smallest absolute Gasteiger partial charge is 0.0753 e. The average molecular weight is 239 g/mol. The van der Waals surface area contributed by atoms with Crippen molar-refractivity contribution >= 4 is 11.8 Å². The summed E-state index contributed by atoms with van der Waals surface area (Å²) < 4.78 is 0. The first-order chi connectivity index (χ1) is 7.70. The standard InChI is InChI=1S/C12H21N3S/c1-10(2)9-16-7-6-14-11(3)12-8-13-4-5-15-12/h4-5,8,10-11,14H,6-7,9H2,1-3H3. The lowest BCUT2D eigenvalue weighted by molar-refractivity contribution is 0.583. The van der Waals surface area contributed by atoms with Gasteiger partial charge in [0.25, 0.3) is 0 Å². The van der Waals surface area contributed by atoms with Gasteiger partial charge >= 0.3 is 0 Å². The molecule has 1 rings (SSSR count). The van der Waals surface area contributed by atoms with Gasteiger partial charge in [0.2, 0.25) is 0 Å². The third-order valence-corrected chi connectivity index (χ3v) is 3.57. The summed E-state index contributed by atoms with van der Waals surface area (Å²) in [5.74, 6) is 3.17. The first kappa shape index (κ1) is 13.5. The number of aromatic nitrogens is 2. The van der Waals surface area contributed by atoms with Crippen LogP contribution in [-0.4, -0.2) is 28.0 Å². The fraction of sp³-hybridized carbons (Fsp3) is 0.667. The maximum atomic E-state index is 4.27. The number of hydrogen-bond donors (Lipinski definition) is 1. The lowest BCUT2D eigenvalue weighted by Gasteiger charge is -2.12. The molecule has 1 atom stereocenters. The van der Waals surface area contributed by atoms with E-state index >= 15 is 0 Å². The molecule has 1 aromatic rings. The molecule has 0 spiro atoms. The average Bonchev–Trinajstić information content (AvgIpc) is 2.29. The van der Waals surface area contributed by atoms with E-state index < -0.39 is 0 Å². The maximum absolute atomic E-state index is 4.27. The molecule has 0 aliphatic carbocycles. The fourth-order valence-corrected chi connectivity index (χ4v) is 2.21. The number of thioether (sulfide) groups is 1. The molecule has 3 nitrogen and oxygen atoms in total. The van der Waals surface area contributed by atoms with Gasteiger partial charge in [0.15, 0.2) is 0 Å². The highest BCUT2D eigenvalue weighted by molar-refractivity contribution is 7.99. The summed E-state index contributed by atoms with van der Waals surface area (Å²) in [7, 11) is 0. The van der Waals surface area contributed by atoms with Gasteiger partial charge in [-0.05, 0) is 18.6 Å². The van der Waals surface area contributed by atoms with Gasteiger partial charge in [0.05, 0.1) is 5.69 Å². The normalized spacial score (nSPS) is 13.0. The molecule has 0 saturated heterocycles. The molecule has 0 aromatic carbocycles. The van der Waals surface area contributed by atoms with Gasteiger partial charge in [-0.3, -0.25) is 9.97 Å². The van der Waals surface area contributed by atoms with Crippen molar-refractivity contribution in [3.8, 4) is 0 Å². The Balaban J connectivity index is 2.14. The SMILES string of the molecule is CC(C)CSCCNC(C)c1cnccn1. The van der Waals surface area contributed by atoms with Crippen molar-refractivity contribution < 1.29 is 0 Å². The van der Waals surface area contributed by atoms with Gasteiger partial charge in [-0.2, -0.15) is 11.8 Å². The summed E-state index contributed by atoms with van der Waals surface area (Å²) in [5, 5.41) is 3.45. The third-order valence-electron chi connectivity index (χ3n) is 2.17. The molecule has 1 aromatic heterocycles. The van der Waals surface area contributed by atoms with Gasteiger partial charge in [-0.25, -0.2) is 0 Å². The Bertz CT molecular complexity index is 277. The van der Waals surface area contributed by atoms with Crippen LogP contribution in [0, 0.1) is 5.92 Å². The summed E-state index contributed by atoms with van der Waals surface area (Å²) >= 11 is 2.00. The van der Waals surface area contributed by atoms with Crippen molar-refractivity contribution in [1.29, 1.82) is 0 Å². The molecule has 0 aliphatic heterocycles. The van der Waals surface area contributed by atoms with Crippen LogP contribution in [0.5, 0.6) is 0 Å². The van der Waals surface area contributed by atoms with Gasteiger partial charge in [0, 0.05) is 36.9 Å². The molecule has 0 saturated carbocycles. The van der Waals surface area contributed by atoms with Crippen LogP contribution in [0.25, 0.3) is 0 Å². The van der Waals surface area contributed by atoms with Crippen LogP contribution in [0.15, 0.2) is 18.6 Å². The monoisotopic (exact) mass is 239 g/mol. The zero-order valence-electron chi connectivity index (χ0n) is 10.3. The van der Waals surface area contributed by atoms with Crippen LogP contribution < -0.4 is 5.32 Å². The molecule has 0 bridgehead atoms. The molecule has 90 valence electrons. The summed E-state index contributed by atoms with van der Waals surface area (Å²) in [6, 6.07) is 0.286. The number of hydrogen-bond acceptors (Lipinski definition) is 4. The Labute approximate surface area is 102 Å². The van der Waals surface area contributed by atoms with Gasteiger partial charge in [-0.1, -0.05) is 13.8 Å². The third kappa shape index (κ3) is 5.47. The van der Waals surface area contributed by atoms with Crippen molar-refractivity contribution in [3.05, 3.63) is 24.3 Å². The Morgan fingerprint density at radius 3 is 2.75 bits per heavy atom. The second-order valence-electron chi connectivity index (χ2n) is 4.27. The van der Waals surface area contributed by atoms with Gasteiger partial charge < -0.3 is 5.32 Å². The van der Waals surface area contributed by atoms with Crippen molar-refractivity contribution in [1.82, 2.24) is 15.3 Å². The van der Waals surface area contributed by atoms with E-state index in [-0.39, 0.29) is 6.04 Å². The zero-order valence-corrected chi connectivity index (χ0v) is 11.1. The second-order valence-corrected chi connectivity index (χ2v) is 5.42. The topological polar surface area (TPSA) is 37.8 Å². The van der Waals surface area contributed by atoms with Crippen LogP contribution >= 0.6 is 11.8 Å².